The normalized spacial score (nSPS) is 38.8. The molecule has 0 N–H and O–H groups in total. The number of fused-ring (bicyclic) bond motifs is 2. The largest absolute Gasteiger partial charge is 0.468 e. The summed E-state index contributed by atoms with van der Waals surface area (Å²) in [5, 5.41) is 0. The lowest BCUT2D eigenvalue weighted by Gasteiger charge is -2.35. The van der Waals surface area contributed by atoms with E-state index in [9.17, 15) is 9.59 Å². The summed E-state index contributed by atoms with van der Waals surface area (Å²) >= 11 is 0. The molecule has 0 aromatic carbocycles. The van der Waals surface area contributed by atoms with Crippen LogP contribution in [0.25, 0.3) is 0 Å². The summed E-state index contributed by atoms with van der Waals surface area (Å²) in [5.74, 6) is -1.14. The molecule has 0 aromatic heterocycles. The smallest absolute Gasteiger partial charge is 0.317 e. The number of ether oxygens (including phenoxy) is 2. The van der Waals surface area contributed by atoms with Gasteiger partial charge in [0.1, 0.15) is 11.7 Å². The third kappa shape index (κ3) is 1.55. The van der Waals surface area contributed by atoms with Crippen molar-refractivity contribution in [3.63, 3.8) is 0 Å². The lowest BCUT2D eigenvalue weighted by Crippen LogP contribution is -2.53. The van der Waals surface area contributed by atoms with Gasteiger partial charge in [-0.1, -0.05) is 0 Å². The molecule has 2 rings (SSSR count). The van der Waals surface area contributed by atoms with Crippen LogP contribution in [0.3, 0.4) is 0 Å². The first-order chi connectivity index (χ1) is 7.60. The van der Waals surface area contributed by atoms with Crippen molar-refractivity contribution >= 4 is 11.8 Å². The lowest BCUT2D eigenvalue weighted by molar-refractivity contribution is -0.155. The van der Waals surface area contributed by atoms with Crippen molar-refractivity contribution in [1.82, 2.24) is 4.90 Å². The zero-order valence-corrected chi connectivity index (χ0v) is 9.80. The number of ketones is 1. The molecule has 2 saturated heterocycles. The Labute approximate surface area is 94.7 Å². The summed E-state index contributed by atoms with van der Waals surface area (Å²) in [6.07, 6.45) is 1.19. The molecule has 90 valence electrons. The molecule has 2 heterocycles. The number of hydrogen-bond acceptors (Lipinski definition) is 5. The predicted molar refractivity (Wildman–Crippen MR) is 55.9 cm³/mol. The van der Waals surface area contributed by atoms with Gasteiger partial charge in [-0.3, -0.25) is 14.5 Å². The zero-order valence-electron chi connectivity index (χ0n) is 9.80. The minimum atomic E-state index is -0.682. The molecule has 0 aromatic rings. The van der Waals surface area contributed by atoms with Crippen LogP contribution in [0.5, 0.6) is 0 Å². The molecule has 2 fully saturated rings. The Balaban J connectivity index is 2.29. The maximum Gasteiger partial charge on any atom is 0.317 e. The number of likely N-dealkylation sites (N-methyl/N-ethyl adjacent to an activating group) is 1. The molecule has 5 nitrogen and oxygen atoms in total. The summed E-state index contributed by atoms with van der Waals surface area (Å²) in [6, 6.07) is 0.0482. The molecule has 4 atom stereocenters. The van der Waals surface area contributed by atoms with Crippen LogP contribution in [0.15, 0.2) is 0 Å². The van der Waals surface area contributed by atoms with Crippen molar-refractivity contribution < 1.29 is 19.1 Å². The third-order valence-corrected chi connectivity index (χ3v) is 3.81. The van der Waals surface area contributed by atoms with E-state index in [4.69, 9.17) is 9.47 Å². The standard InChI is InChI=1S/C11H17NO4/c1-12-6-4-7(13)9(11(14)16-3)10(12)8(5-6)15-2/h6,8-10H,4-5H2,1-3H3/t6-,8-,9+,10-/m0/s1. The number of piperidine rings is 1. The van der Waals surface area contributed by atoms with E-state index in [1.807, 2.05) is 7.05 Å². The fourth-order valence-corrected chi connectivity index (χ4v) is 2.94. The highest BCUT2D eigenvalue weighted by atomic mass is 16.5. The second-order valence-electron chi connectivity index (χ2n) is 4.49. The van der Waals surface area contributed by atoms with Crippen LogP contribution in [0, 0.1) is 5.92 Å². The maximum atomic E-state index is 11.9. The second kappa shape index (κ2) is 4.14. The van der Waals surface area contributed by atoms with Gasteiger partial charge in [-0.2, -0.15) is 0 Å². The summed E-state index contributed by atoms with van der Waals surface area (Å²) in [7, 11) is 4.88. The number of hydrogen-bond donors (Lipinski definition) is 0. The van der Waals surface area contributed by atoms with Gasteiger partial charge in [-0.05, 0) is 13.5 Å². The SMILES string of the molecule is COC(=O)[C@@H]1C(=O)C[C@H]2C[C@H](OC)[C@@H]1N2C. The summed E-state index contributed by atoms with van der Waals surface area (Å²) in [6.45, 7) is 0. The summed E-state index contributed by atoms with van der Waals surface area (Å²) in [5.41, 5.74) is 0. The Kier molecular flexibility index (Phi) is 2.99. The van der Waals surface area contributed by atoms with Gasteiger partial charge in [0.05, 0.1) is 19.3 Å². The van der Waals surface area contributed by atoms with Crippen LogP contribution in [0.4, 0.5) is 0 Å². The first-order valence-corrected chi connectivity index (χ1v) is 5.45. The molecule has 0 saturated carbocycles. The lowest BCUT2D eigenvalue weighted by atomic mass is 9.88. The van der Waals surface area contributed by atoms with Crippen molar-refractivity contribution in [3.8, 4) is 0 Å². The average molecular weight is 227 g/mol. The molecule has 0 unspecified atom stereocenters. The van der Waals surface area contributed by atoms with Crippen molar-refractivity contribution in [3.05, 3.63) is 0 Å². The van der Waals surface area contributed by atoms with E-state index < -0.39 is 11.9 Å². The minimum Gasteiger partial charge on any atom is -0.468 e. The Bertz CT molecular complexity index is 317. The fraction of sp³-hybridized carbons (Fsp3) is 0.818. The quantitative estimate of drug-likeness (QED) is 0.484. The van der Waals surface area contributed by atoms with Gasteiger partial charge in [-0.15, -0.1) is 0 Å². The molecular formula is C11H17NO4. The van der Waals surface area contributed by atoms with Gasteiger partial charge in [0.2, 0.25) is 0 Å². The first-order valence-electron chi connectivity index (χ1n) is 5.45. The number of carbonyl (C=O) groups is 2. The molecule has 2 bridgehead atoms. The van der Waals surface area contributed by atoms with Crippen LogP contribution >= 0.6 is 0 Å². The van der Waals surface area contributed by atoms with Gasteiger partial charge < -0.3 is 9.47 Å². The van der Waals surface area contributed by atoms with Gasteiger partial charge >= 0.3 is 5.97 Å². The fourth-order valence-electron chi connectivity index (χ4n) is 2.94. The first kappa shape index (κ1) is 11.5. The van der Waals surface area contributed by atoms with Gasteiger partial charge in [0.25, 0.3) is 0 Å². The van der Waals surface area contributed by atoms with Crippen LogP contribution in [-0.2, 0) is 19.1 Å². The van der Waals surface area contributed by atoms with E-state index in [2.05, 4.69) is 4.90 Å². The highest BCUT2D eigenvalue weighted by Crippen LogP contribution is 2.38. The van der Waals surface area contributed by atoms with E-state index in [0.717, 1.165) is 6.42 Å². The number of Topliss-reactive ketones (excluding diaryl/α,β-unsaturated/α-hetero) is 1. The molecule has 2 aliphatic rings. The molecule has 0 radical (unpaired) electrons. The van der Waals surface area contributed by atoms with E-state index in [1.54, 1.807) is 7.11 Å². The monoisotopic (exact) mass is 227 g/mol. The van der Waals surface area contributed by atoms with Gasteiger partial charge in [-0.25, -0.2) is 0 Å². The Morgan fingerprint density at radius 3 is 2.69 bits per heavy atom. The Morgan fingerprint density at radius 1 is 1.44 bits per heavy atom. The Morgan fingerprint density at radius 2 is 2.12 bits per heavy atom. The zero-order chi connectivity index (χ0) is 11.9. The number of carbonyl (C=O) groups excluding carboxylic acids is 2. The van der Waals surface area contributed by atoms with Crippen molar-refractivity contribution in [2.45, 2.75) is 31.0 Å². The van der Waals surface area contributed by atoms with Crippen LogP contribution in [0.2, 0.25) is 0 Å². The molecule has 0 aliphatic carbocycles. The van der Waals surface area contributed by atoms with Crippen molar-refractivity contribution in [1.29, 1.82) is 0 Å². The molecule has 2 aliphatic heterocycles. The van der Waals surface area contributed by atoms with E-state index >= 15 is 0 Å². The molecule has 0 spiro atoms. The van der Waals surface area contributed by atoms with E-state index in [-0.39, 0.29) is 24.0 Å². The van der Waals surface area contributed by atoms with Crippen molar-refractivity contribution in [2.24, 2.45) is 5.92 Å². The maximum absolute atomic E-state index is 11.9. The molecular weight excluding hydrogens is 210 g/mol. The summed E-state index contributed by atoms with van der Waals surface area (Å²) < 4.78 is 10.1. The van der Waals surface area contributed by atoms with Crippen molar-refractivity contribution in [2.75, 3.05) is 21.3 Å². The number of esters is 1. The third-order valence-electron chi connectivity index (χ3n) is 3.81. The molecule has 16 heavy (non-hydrogen) atoms. The topological polar surface area (TPSA) is 55.8 Å². The van der Waals surface area contributed by atoms with Crippen LogP contribution in [-0.4, -0.2) is 56.1 Å². The van der Waals surface area contributed by atoms with Gasteiger partial charge in [0, 0.05) is 19.6 Å². The number of rotatable bonds is 2. The van der Waals surface area contributed by atoms with Gasteiger partial charge in [0.15, 0.2) is 0 Å². The van der Waals surface area contributed by atoms with E-state index in [1.165, 1.54) is 7.11 Å². The molecule has 0 amide bonds. The average Bonchev–Trinajstić information content (AvgIpc) is 2.48. The highest BCUT2D eigenvalue weighted by Gasteiger charge is 2.53. The highest BCUT2D eigenvalue weighted by molar-refractivity contribution is 6.01. The van der Waals surface area contributed by atoms with Crippen LogP contribution < -0.4 is 0 Å². The second-order valence-corrected chi connectivity index (χ2v) is 4.49. The summed E-state index contributed by atoms with van der Waals surface area (Å²) in [4.78, 5) is 25.6. The van der Waals surface area contributed by atoms with E-state index in [0.29, 0.717) is 6.42 Å². The predicted octanol–water partition coefficient (Wildman–Crippen LogP) is -0.164. The number of nitrogens with zero attached hydrogens (tertiary/aromatic N) is 1. The molecule has 5 heteroatoms. The Hall–Kier alpha value is -0.940. The number of methoxy groups -OCH3 is 2. The minimum absolute atomic E-state index is 0.0144. The van der Waals surface area contributed by atoms with Crippen LogP contribution in [0.1, 0.15) is 12.8 Å².